The van der Waals surface area contributed by atoms with Crippen LogP contribution in [-0.4, -0.2) is 86.3 Å². The van der Waals surface area contributed by atoms with E-state index in [9.17, 15) is 14.7 Å². The number of methoxy groups -OCH3 is 1. The van der Waals surface area contributed by atoms with Gasteiger partial charge in [-0.2, -0.15) is 0 Å². The largest absolute Gasteiger partial charge is 0.507 e. The molecule has 1 N–H and O–H groups in total. The SMILES string of the molecule is COc1ccccc1C1C(=C(O)c2ccc3c(c2)OCCO3)C(=O)C(=O)N1CCCN1CCOCC1. The molecule has 36 heavy (non-hydrogen) atoms. The Morgan fingerprint density at radius 3 is 2.53 bits per heavy atom. The fourth-order valence-corrected chi connectivity index (χ4v) is 4.96. The predicted octanol–water partition coefficient (Wildman–Crippen LogP) is 2.61. The zero-order valence-electron chi connectivity index (χ0n) is 20.3. The summed E-state index contributed by atoms with van der Waals surface area (Å²) in [6, 6.07) is 11.5. The molecule has 190 valence electrons. The van der Waals surface area contributed by atoms with Crippen molar-refractivity contribution >= 4 is 17.4 Å². The number of carbonyl (C=O) groups excluding carboxylic acids is 2. The average Bonchev–Trinajstić information content (AvgIpc) is 3.17. The van der Waals surface area contributed by atoms with Crippen LogP contribution in [0.2, 0.25) is 0 Å². The summed E-state index contributed by atoms with van der Waals surface area (Å²) in [5, 5.41) is 11.4. The van der Waals surface area contributed by atoms with Crippen LogP contribution in [0.1, 0.15) is 23.6 Å². The van der Waals surface area contributed by atoms with Gasteiger partial charge in [0.15, 0.2) is 11.5 Å². The molecule has 2 saturated heterocycles. The molecule has 0 radical (unpaired) electrons. The number of Topliss-reactive ketones (excluding diaryl/α,β-unsaturated/α-hetero) is 1. The quantitative estimate of drug-likeness (QED) is 0.357. The van der Waals surface area contributed by atoms with Crippen molar-refractivity contribution < 1.29 is 33.6 Å². The number of morpholine rings is 1. The van der Waals surface area contributed by atoms with E-state index in [0.29, 0.717) is 67.8 Å². The highest BCUT2D eigenvalue weighted by Crippen LogP contribution is 2.43. The predicted molar refractivity (Wildman–Crippen MR) is 131 cm³/mol. The van der Waals surface area contributed by atoms with Crippen LogP contribution in [-0.2, 0) is 14.3 Å². The first-order chi connectivity index (χ1) is 17.6. The van der Waals surface area contributed by atoms with E-state index >= 15 is 0 Å². The molecule has 1 atom stereocenters. The summed E-state index contributed by atoms with van der Waals surface area (Å²) in [5.74, 6) is -0.00858. The number of para-hydroxylation sites is 1. The van der Waals surface area contributed by atoms with E-state index in [0.717, 1.165) is 19.6 Å². The minimum atomic E-state index is -0.779. The molecule has 2 fully saturated rings. The van der Waals surface area contributed by atoms with Crippen molar-refractivity contribution in [1.82, 2.24) is 9.80 Å². The second-order valence-corrected chi connectivity index (χ2v) is 8.90. The fourth-order valence-electron chi connectivity index (χ4n) is 4.96. The van der Waals surface area contributed by atoms with Gasteiger partial charge in [0.05, 0.1) is 31.9 Å². The molecular formula is C27H30N2O7. The van der Waals surface area contributed by atoms with Gasteiger partial charge in [-0.25, -0.2) is 0 Å². The Morgan fingerprint density at radius 1 is 1.00 bits per heavy atom. The van der Waals surface area contributed by atoms with Crippen LogP contribution in [0.25, 0.3) is 5.76 Å². The molecule has 3 aliphatic rings. The zero-order valence-corrected chi connectivity index (χ0v) is 20.3. The van der Waals surface area contributed by atoms with Crippen molar-refractivity contribution in [3.8, 4) is 17.2 Å². The number of nitrogens with zero attached hydrogens (tertiary/aromatic N) is 2. The Kier molecular flexibility index (Phi) is 7.11. The van der Waals surface area contributed by atoms with Crippen LogP contribution in [0.3, 0.4) is 0 Å². The molecule has 0 spiro atoms. The number of ketones is 1. The number of fused-ring (bicyclic) bond motifs is 1. The monoisotopic (exact) mass is 494 g/mol. The lowest BCUT2D eigenvalue weighted by atomic mass is 9.94. The minimum Gasteiger partial charge on any atom is -0.507 e. The van der Waals surface area contributed by atoms with Crippen LogP contribution in [0, 0.1) is 0 Å². The lowest BCUT2D eigenvalue weighted by molar-refractivity contribution is -0.140. The Labute approximate surface area is 209 Å². The van der Waals surface area contributed by atoms with Crippen molar-refractivity contribution in [2.45, 2.75) is 12.5 Å². The van der Waals surface area contributed by atoms with Gasteiger partial charge < -0.3 is 29.0 Å². The van der Waals surface area contributed by atoms with Crippen molar-refractivity contribution in [3.05, 3.63) is 59.2 Å². The van der Waals surface area contributed by atoms with Gasteiger partial charge in [-0.1, -0.05) is 18.2 Å². The van der Waals surface area contributed by atoms with Gasteiger partial charge in [-0.3, -0.25) is 14.5 Å². The van der Waals surface area contributed by atoms with Crippen LogP contribution in [0.5, 0.6) is 17.2 Å². The normalized spacial score (nSPS) is 21.6. The maximum absolute atomic E-state index is 13.3. The number of benzene rings is 2. The summed E-state index contributed by atoms with van der Waals surface area (Å²) in [6.07, 6.45) is 0.683. The van der Waals surface area contributed by atoms with Gasteiger partial charge in [0.25, 0.3) is 11.7 Å². The standard InChI is InChI=1S/C27H30N2O7/c1-33-20-6-3-2-5-19(20)24-23(25(30)18-7-8-21-22(17-18)36-16-15-35-21)26(31)27(32)29(24)10-4-9-28-11-13-34-14-12-28/h2-3,5-8,17,24,30H,4,9-16H2,1H3. The van der Waals surface area contributed by atoms with Gasteiger partial charge >= 0.3 is 0 Å². The van der Waals surface area contributed by atoms with E-state index in [1.54, 1.807) is 36.3 Å². The Morgan fingerprint density at radius 2 is 1.75 bits per heavy atom. The highest BCUT2D eigenvalue weighted by atomic mass is 16.6. The van der Waals surface area contributed by atoms with E-state index in [1.165, 1.54) is 0 Å². The number of hydrogen-bond acceptors (Lipinski definition) is 8. The maximum Gasteiger partial charge on any atom is 0.295 e. The molecule has 5 rings (SSSR count). The third-order valence-electron chi connectivity index (χ3n) is 6.77. The Balaban J connectivity index is 1.51. The molecule has 0 saturated carbocycles. The molecule has 1 amide bonds. The summed E-state index contributed by atoms with van der Waals surface area (Å²) < 4.78 is 22.2. The molecule has 9 heteroatoms. The van der Waals surface area contributed by atoms with E-state index in [4.69, 9.17) is 18.9 Å². The van der Waals surface area contributed by atoms with Crippen molar-refractivity contribution in [2.75, 3.05) is 59.7 Å². The summed E-state index contributed by atoms with van der Waals surface area (Å²) in [6.45, 7) is 5.07. The van der Waals surface area contributed by atoms with Gasteiger partial charge in [-0.15, -0.1) is 0 Å². The third kappa shape index (κ3) is 4.64. The van der Waals surface area contributed by atoms with Gasteiger partial charge in [0.2, 0.25) is 0 Å². The second-order valence-electron chi connectivity index (χ2n) is 8.90. The molecule has 2 aromatic carbocycles. The number of rotatable bonds is 7. The Hall–Kier alpha value is -3.56. The van der Waals surface area contributed by atoms with E-state index in [2.05, 4.69) is 4.90 Å². The van der Waals surface area contributed by atoms with Crippen LogP contribution < -0.4 is 14.2 Å². The van der Waals surface area contributed by atoms with Gasteiger partial charge in [-0.05, 0) is 30.7 Å². The highest BCUT2D eigenvalue weighted by Gasteiger charge is 2.46. The van der Waals surface area contributed by atoms with E-state index in [-0.39, 0.29) is 11.3 Å². The molecule has 2 aromatic rings. The van der Waals surface area contributed by atoms with Crippen molar-refractivity contribution in [3.63, 3.8) is 0 Å². The number of aliphatic hydroxyl groups is 1. The van der Waals surface area contributed by atoms with Crippen LogP contribution in [0.4, 0.5) is 0 Å². The zero-order chi connectivity index (χ0) is 25.1. The number of likely N-dealkylation sites (tertiary alicyclic amines) is 1. The van der Waals surface area contributed by atoms with Crippen molar-refractivity contribution in [2.24, 2.45) is 0 Å². The fraction of sp³-hybridized carbons (Fsp3) is 0.407. The molecule has 3 aliphatic heterocycles. The molecule has 0 aromatic heterocycles. The van der Waals surface area contributed by atoms with Gasteiger partial charge in [0.1, 0.15) is 24.7 Å². The van der Waals surface area contributed by atoms with Crippen LogP contribution >= 0.6 is 0 Å². The molecule has 9 nitrogen and oxygen atoms in total. The van der Waals surface area contributed by atoms with Crippen molar-refractivity contribution in [1.29, 1.82) is 0 Å². The highest BCUT2D eigenvalue weighted by molar-refractivity contribution is 6.46. The molecule has 0 aliphatic carbocycles. The second kappa shape index (κ2) is 10.6. The topological polar surface area (TPSA) is 97.8 Å². The number of amides is 1. The van der Waals surface area contributed by atoms with E-state index < -0.39 is 17.7 Å². The minimum absolute atomic E-state index is 0.0348. The number of ether oxygens (including phenoxy) is 4. The molecule has 1 unspecified atom stereocenters. The summed E-state index contributed by atoms with van der Waals surface area (Å²) in [5.41, 5.74) is 1.06. The summed E-state index contributed by atoms with van der Waals surface area (Å²) in [4.78, 5) is 30.4. The summed E-state index contributed by atoms with van der Waals surface area (Å²) in [7, 11) is 1.55. The summed E-state index contributed by atoms with van der Waals surface area (Å²) >= 11 is 0. The molecule has 0 bridgehead atoms. The third-order valence-corrected chi connectivity index (χ3v) is 6.77. The lowest BCUT2D eigenvalue weighted by Gasteiger charge is -2.29. The maximum atomic E-state index is 13.3. The number of hydrogen-bond donors (Lipinski definition) is 1. The molecular weight excluding hydrogens is 464 g/mol. The Bertz CT molecular complexity index is 1170. The van der Waals surface area contributed by atoms with Gasteiger partial charge in [0, 0.05) is 37.3 Å². The molecule has 3 heterocycles. The lowest BCUT2D eigenvalue weighted by Crippen LogP contribution is -2.39. The number of aliphatic hydroxyl groups excluding tert-OH is 1. The first kappa shape index (κ1) is 24.1. The first-order valence-electron chi connectivity index (χ1n) is 12.2. The van der Waals surface area contributed by atoms with Crippen LogP contribution in [0.15, 0.2) is 48.0 Å². The average molecular weight is 495 g/mol. The smallest absolute Gasteiger partial charge is 0.295 e. The first-order valence-corrected chi connectivity index (χ1v) is 12.2. The van der Waals surface area contributed by atoms with E-state index in [1.807, 2.05) is 18.2 Å². The number of carbonyl (C=O) groups is 2.